The number of hydrogen-bond donors (Lipinski definition) is 1. The molecule has 2 atom stereocenters. The molecule has 2 rings (SSSR count). The lowest BCUT2D eigenvalue weighted by Crippen LogP contribution is -2.41. The van der Waals surface area contributed by atoms with Gasteiger partial charge in [0.2, 0.25) is 0 Å². The zero-order chi connectivity index (χ0) is 6.27. The summed E-state index contributed by atoms with van der Waals surface area (Å²) in [4.78, 5) is 0. The highest BCUT2D eigenvalue weighted by Gasteiger charge is 2.35. The maximum absolute atomic E-state index is 3.62. The Kier molecular flexibility index (Phi) is 1.46. The zero-order valence-electron chi connectivity index (χ0n) is 5.76. The molecule has 0 amide bonds. The smallest absolute Gasteiger partial charge is 0.0251 e. The van der Waals surface area contributed by atoms with Crippen molar-refractivity contribution in [1.29, 1.82) is 0 Å². The first-order chi connectivity index (χ1) is 4.36. The van der Waals surface area contributed by atoms with Crippen LogP contribution in [0.5, 0.6) is 0 Å². The van der Waals surface area contributed by atoms with Gasteiger partial charge in [0.15, 0.2) is 0 Å². The SMILES string of the molecule is C[C@@H]1C[C@H]1NC1CSC1. The lowest BCUT2D eigenvalue weighted by molar-refractivity contribution is 0.560. The zero-order valence-corrected chi connectivity index (χ0v) is 6.58. The maximum Gasteiger partial charge on any atom is 0.0251 e. The van der Waals surface area contributed by atoms with E-state index in [4.69, 9.17) is 0 Å². The predicted octanol–water partition coefficient (Wildman–Crippen LogP) is 1.10. The van der Waals surface area contributed by atoms with Crippen molar-refractivity contribution in [3.05, 3.63) is 0 Å². The summed E-state index contributed by atoms with van der Waals surface area (Å²) in [6.45, 7) is 2.32. The summed E-state index contributed by atoms with van der Waals surface area (Å²) in [6.07, 6.45) is 1.42. The van der Waals surface area contributed by atoms with E-state index in [9.17, 15) is 0 Å². The van der Waals surface area contributed by atoms with Crippen molar-refractivity contribution >= 4 is 11.8 Å². The van der Waals surface area contributed by atoms with Crippen LogP contribution in [-0.4, -0.2) is 23.6 Å². The lowest BCUT2D eigenvalue weighted by Gasteiger charge is -2.26. The minimum absolute atomic E-state index is 0.866. The van der Waals surface area contributed by atoms with Crippen LogP contribution in [0.3, 0.4) is 0 Å². The summed E-state index contributed by atoms with van der Waals surface area (Å²) in [6, 6.07) is 1.75. The Labute approximate surface area is 60.6 Å². The molecule has 1 nitrogen and oxygen atoms in total. The minimum Gasteiger partial charge on any atom is -0.309 e. The molecule has 1 saturated carbocycles. The third kappa shape index (κ3) is 1.24. The fraction of sp³-hybridized carbons (Fsp3) is 1.00. The second kappa shape index (κ2) is 2.17. The monoisotopic (exact) mass is 143 g/mol. The molecule has 0 spiro atoms. The fourth-order valence-corrected chi connectivity index (χ4v) is 1.85. The first-order valence-electron chi connectivity index (χ1n) is 3.70. The maximum atomic E-state index is 3.62. The van der Waals surface area contributed by atoms with E-state index in [2.05, 4.69) is 24.0 Å². The van der Waals surface area contributed by atoms with Gasteiger partial charge >= 0.3 is 0 Å². The summed E-state index contributed by atoms with van der Waals surface area (Å²) in [5.41, 5.74) is 0. The summed E-state index contributed by atoms with van der Waals surface area (Å²) in [5.74, 6) is 3.67. The van der Waals surface area contributed by atoms with Gasteiger partial charge in [-0.25, -0.2) is 0 Å². The Bertz CT molecular complexity index is 109. The van der Waals surface area contributed by atoms with Crippen molar-refractivity contribution in [1.82, 2.24) is 5.32 Å². The molecule has 0 aromatic heterocycles. The Hall–Kier alpha value is 0.310. The molecule has 52 valence electrons. The van der Waals surface area contributed by atoms with Crippen LogP contribution in [0.25, 0.3) is 0 Å². The molecule has 1 aliphatic carbocycles. The highest BCUT2D eigenvalue weighted by atomic mass is 32.2. The second-order valence-electron chi connectivity index (χ2n) is 3.22. The quantitative estimate of drug-likeness (QED) is 0.621. The van der Waals surface area contributed by atoms with E-state index in [0.29, 0.717) is 0 Å². The minimum atomic E-state index is 0.866. The Morgan fingerprint density at radius 1 is 1.44 bits per heavy atom. The Morgan fingerprint density at radius 3 is 2.44 bits per heavy atom. The molecule has 0 bridgehead atoms. The largest absolute Gasteiger partial charge is 0.309 e. The molecule has 1 aliphatic heterocycles. The van der Waals surface area contributed by atoms with Crippen LogP contribution in [0.1, 0.15) is 13.3 Å². The number of rotatable bonds is 2. The van der Waals surface area contributed by atoms with Crippen molar-refractivity contribution in [2.75, 3.05) is 11.5 Å². The van der Waals surface area contributed by atoms with Crippen LogP contribution in [0, 0.1) is 5.92 Å². The highest BCUT2D eigenvalue weighted by molar-refractivity contribution is 8.00. The molecule has 0 aromatic carbocycles. The Balaban J connectivity index is 1.66. The van der Waals surface area contributed by atoms with Crippen LogP contribution >= 0.6 is 11.8 Å². The number of thioether (sulfide) groups is 1. The van der Waals surface area contributed by atoms with E-state index < -0.39 is 0 Å². The van der Waals surface area contributed by atoms with Crippen molar-refractivity contribution in [3.63, 3.8) is 0 Å². The molecule has 1 heterocycles. The summed E-state index contributed by atoms with van der Waals surface area (Å²) >= 11 is 2.05. The van der Waals surface area contributed by atoms with Gasteiger partial charge in [0.1, 0.15) is 0 Å². The molecule has 9 heavy (non-hydrogen) atoms. The van der Waals surface area contributed by atoms with Crippen molar-refractivity contribution in [2.24, 2.45) is 5.92 Å². The first kappa shape index (κ1) is 6.05. The van der Waals surface area contributed by atoms with E-state index in [1.807, 2.05) is 0 Å². The van der Waals surface area contributed by atoms with Crippen LogP contribution in [0.15, 0.2) is 0 Å². The third-order valence-corrected chi connectivity index (χ3v) is 3.47. The number of hydrogen-bond acceptors (Lipinski definition) is 2. The molecular weight excluding hydrogens is 130 g/mol. The molecule has 0 radical (unpaired) electrons. The van der Waals surface area contributed by atoms with Gasteiger partial charge in [-0.2, -0.15) is 11.8 Å². The summed E-state index contributed by atoms with van der Waals surface area (Å²) in [7, 11) is 0. The summed E-state index contributed by atoms with van der Waals surface area (Å²) < 4.78 is 0. The lowest BCUT2D eigenvalue weighted by atomic mass is 10.3. The van der Waals surface area contributed by atoms with Gasteiger partial charge in [-0.1, -0.05) is 6.92 Å². The third-order valence-electron chi connectivity index (χ3n) is 2.20. The van der Waals surface area contributed by atoms with Gasteiger partial charge in [-0.3, -0.25) is 0 Å². The molecule has 0 aromatic rings. The van der Waals surface area contributed by atoms with Gasteiger partial charge in [-0.15, -0.1) is 0 Å². The van der Waals surface area contributed by atoms with E-state index in [1.165, 1.54) is 17.9 Å². The predicted molar refractivity (Wildman–Crippen MR) is 41.8 cm³/mol. The molecular formula is C7H13NS. The fourth-order valence-electron chi connectivity index (χ4n) is 1.19. The second-order valence-corrected chi connectivity index (χ2v) is 4.30. The van der Waals surface area contributed by atoms with E-state index >= 15 is 0 Å². The van der Waals surface area contributed by atoms with Gasteiger partial charge in [0, 0.05) is 23.6 Å². The van der Waals surface area contributed by atoms with Crippen LogP contribution in [0.2, 0.25) is 0 Å². The van der Waals surface area contributed by atoms with Crippen molar-refractivity contribution in [3.8, 4) is 0 Å². The topological polar surface area (TPSA) is 12.0 Å². The van der Waals surface area contributed by atoms with Gasteiger partial charge in [0.05, 0.1) is 0 Å². The number of nitrogens with one attached hydrogen (secondary N) is 1. The van der Waals surface area contributed by atoms with Crippen LogP contribution in [0.4, 0.5) is 0 Å². The van der Waals surface area contributed by atoms with E-state index in [0.717, 1.165) is 18.0 Å². The molecule has 0 unspecified atom stereocenters. The van der Waals surface area contributed by atoms with E-state index in [1.54, 1.807) is 0 Å². The first-order valence-corrected chi connectivity index (χ1v) is 4.85. The molecule has 2 fully saturated rings. The highest BCUT2D eigenvalue weighted by Crippen LogP contribution is 2.31. The Morgan fingerprint density at radius 2 is 2.11 bits per heavy atom. The standard InChI is InChI=1S/C7H13NS/c1-5-2-7(5)8-6-3-9-4-6/h5-8H,2-4H2,1H3/t5-,7-/m1/s1. The average molecular weight is 143 g/mol. The van der Waals surface area contributed by atoms with Gasteiger partial charge in [0.25, 0.3) is 0 Å². The molecule has 1 N–H and O–H groups in total. The van der Waals surface area contributed by atoms with Crippen LogP contribution < -0.4 is 5.32 Å². The molecule has 1 saturated heterocycles. The van der Waals surface area contributed by atoms with Gasteiger partial charge in [-0.05, 0) is 12.3 Å². The molecule has 2 heteroatoms. The van der Waals surface area contributed by atoms with Crippen molar-refractivity contribution < 1.29 is 0 Å². The van der Waals surface area contributed by atoms with E-state index in [-0.39, 0.29) is 0 Å². The summed E-state index contributed by atoms with van der Waals surface area (Å²) in [5, 5.41) is 3.62. The van der Waals surface area contributed by atoms with Crippen molar-refractivity contribution in [2.45, 2.75) is 25.4 Å². The average Bonchev–Trinajstić information content (AvgIpc) is 2.36. The normalized spacial score (nSPS) is 42.3. The van der Waals surface area contributed by atoms with Gasteiger partial charge < -0.3 is 5.32 Å². The van der Waals surface area contributed by atoms with Crippen LogP contribution in [-0.2, 0) is 0 Å². The molecule has 2 aliphatic rings.